The molecule has 3 heteroatoms. The predicted molar refractivity (Wildman–Crippen MR) is 107 cm³/mol. The standard InChI is InChI=1S/C22H34O3/c1-4-5-6-7-8-9-10-11-12-13-14-15-16-17-18-19-20-25-22(2,3)21(23)24/h5-6,8-9,11-12,14-15,17-18H,4,7,10,13,16,19-20H2,1-3H3,(H,23,24)/b6-5-,9-8-,12-11-,15-14-,18-17-. The Kier molecular flexibility index (Phi) is 14.5. The lowest BCUT2D eigenvalue weighted by Gasteiger charge is -2.19. The fourth-order valence-corrected chi connectivity index (χ4v) is 1.81. The summed E-state index contributed by atoms with van der Waals surface area (Å²) in [5, 5.41) is 8.91. The Labute approximate surface area is 153 Å². The molecule has 0 aliphatic heterocycles. The third kappa shape index (κ3) is 15.4. The van der Waals surface area contributed by atoms with E-state index in [1.165, 1.54) is 0 Å². The van der Waals surface area contributed by atoms with Crippen LogP contribution in [0.25, 0.3) is 0 Å². The Morgan fingerprint density at radius 2 is 1.20 bits per heavy atom. The summed E-state index contributed by atoms with van der Waals surface area (Å²) in [6, 6.07) is 0. The van der Waals surface area contributed by atoms with E-state index in [2.05, 4.69) is 61.6 Å². The van der Waals surface area contributed by atoms with Crippen molar-refractivity contribution in [2.75, 3.05) is 6.61 Å². The monoisotopic (exact) mass is 346 g/mol. The van der Waals surface area contributed by atoms with Gasteiger partial charge in [0.05, 0.1) is 6.61 Å². The number of allylic oxidation sites excluding steroid dienone is 9. The first-order valence-corrected chi connectivity index (χ1v) is 9.13. The lowest BCUT2D eigenvalue weighted by Crippen LogP contribution is -2.34. The van der Waals surface area contributed by atoms with Gasteiger partial charge in [-0.2, -0.15) is 0 Å². The molecule has 0 unspecified atom stereocenters. The van der Waals surface area contributed by atoms with Gasteiger partial charge in [-0.05, 0) is 52.4 Å². The van der Waals surface area contributed by atoms with E-state index >= 15 is 0 Å². The van der Waals surface area contributed by atoms with Crippen LogP contribution < -0.4 is 0 Å². The zero-order chi connectivity index (χ0) is 18.8. The van der Waals surface area contributed by atoms with Crippen LogP contribution in [0.5, 0.6) is 0 Å². The van der Waals surface area contributed by atoms with E-state index in [1.807, 2.05) is 6.08 Å². The number of hydrogen-bond donors (Lipinski definition) is 1. The molecule has 140 valence electrons. The van der Waals surface area contributed by atoms with E-state index in [0.29, 0.717) is 6.61 Å². The summed E-state index contributed by atoms with van der Waals surface area (Å²) in [7, 11) is 0. The van der Waals surface area contributed by atoms with Crippen molar-refractivity contribution in [1.29, 1.82) is 0 Å². The zero-order valence-electron chi connectivity index (χ0n) is 16.0. The molecule has 0 atom stereocenters. The second-order valence-corrected chi connectivity index (χ2v) is 6.16. The van der Waals surface area contributed by atoms with Crippen molar-refractivity contribution in [2.24, 2.45) is 0 Å². The minimum atomic E-state index is -1.11. The third-order valence-corrected chi connectivity index (χ3v) is 3.42. The van der Waals surface area contributed by atoms with Crippen LogP contribution in [0.15, 0.2) is 60.8 Å². The van der Waals surface area contributed by atoms with E-state index in [1.54, 1.807) is 13.8 Å². The molecule has 0 radical (unpaired) electrons. The Hall–Kier alpha value is -1.87. The molecule has 0 heterocycles. The molecule has 0 rings (SSSR count). The lowest BCUT2D eigenvalue weighted by atomic mass is 10.1. The topological polar surface area (TPSA) is 46.5 Å². The first-order chi connectivity index (χ1) is 12.0. The van der Waals surface area contributed by atoms with Gasteiger partial charge in [-0.1, -0.05) is 67.7 Å². The molecule has 3 nitrogen and oxygen atoms in total. The average Bonchev–Trinajstić information content (AvgIpc) is 2.57. The molecule has 0 aromatic carbocycles. The smallest absolute Gasteiger partial charge is 0.335 e. The average molecular weight is 347 g/mol. The zero-order valence-corrected chi connectivity index (χ0v) is 16.0. The quantitative estimate of drug-likeness (QED) is 0.309. The number of aliphatic carboxylic acids is 1. The van der Waals surface area contributed by atoms with E-state index < -0.39 is 11.6 Å². The molecule has 0 aliphatic carbocycles. The Balaban J connectivity index is 3.61. The van der Waals surface area contributed by atoms with Gasteiger partial charge in [0.15, 0.2) is 5.60 Å². The number of carboxylic acid groups (broad SMARTS) is 1. The fraction of sp³-hybridized carbons (Fsp3) is 0.500. The number of carbonyl (C=O) groups is 1. The van der Waals surface area contributed by atoms with Gasteiger partial charge < -0.3 is 9.84 Å². The van der Waals surface area contributed by atoms with Crippen molar-refractivity contribution in [1.82, 2.24) is 0 Å². The van der Waals surface area contributed by atoms with Crippen molar-refractivity contribution in [3.8, 4) is 0 Å². The molecule has 0 bridgehead atoms. The predicted octanol–water partition coefficient (Wildman–Crippen LogP) is 6.01. The summed E-state index contributed by atoms with van der Waals surface area (Å²) in [5.74, 6) is -0.934. The summed E-state index contributed by atoms with van der Waals surface area (Å²) in [5.41, 5.74) is -1.11. The number of carboxylic acids is 1. The fourth-order valence-electron chi connectivity index (χ4n) is 1.81. The highest BCUT2D eigenvalue weighted by molar-refractivity contribution is 5.76. The van der Waals surface area contributed by atoms with Crippen LogP contribution in [0.2, 0.25) is 0 Å². The molecule has 0 saturated heterocycles. The normalized spacial score (nSPS) is 13.4. The van der Waals surface area contributed by atoms with Gasteiger partial charge in [0.2, 0.25) is 0 Å². The van der Waals surface area contributed by atoms with Crippen LogP contribution in [0.4, 0.5) is 0 Å². The van der Waals surface area contributed by atoms with Crippen molar-refractivity contribution < 1.29 is 14.6 Å². The summed E-state index contributed by atoms with van der Waals surface area (Å²) < 4.78 is 5.32. The number of ether oxygens (including phenoxy) is 1. The summed E-state index contributed by atoms with van der Waals surface area (Å²) >= 11 is 0. The van der Waals surface area contributed by atoms with E-state index in [0.717, 1.165) is 38.5 Å². The number of hydrogen-bond acceptors (Lipinski definition) is 2. The minimum Gasteiger partial charge on any atom is -0.479 e. The molecule has 1 N–H and O–H groups in total. The highest BCUT2D eigenvalue weighted by atomic mass is 16.5. The van der Waals surface area contributed by atoms with Crippen LogP contribution in [0.1, 0.15) is 59.3 Å². The molecule has 0 aromatic heterocycles. The van der Waals surface area contributed by atoms with Crippen LogP contribution >= 0.6 is 0 Å². The van der Waals surface area contributed by atoms with Gasteiger partial charge in [-0.25, -0.2) is 4.79 Å². The van der Waals surface area contributed by atoms with Gasteiger partial charge >= 0.3 is 5.97 Å². The summed E-state index contributed by atoms with van der Waals surface area (Å²) in [4.78, 5) is 10.9. The maximum atomic E-state index is 10.9. The van der Waals surface area contributed by atoms with Gasteiger partial charge in [-0.3, -0.25) is 0 Å². The summed E-state index contributed by atoms with van der Waals surface area (Å²) in [6.45, 7) is 5.69. The molecule has 0 saturated carbocycles. The third-order valence-electron chi connectivity index (χ3n) is 3.42. The first-order valence-electron chi connectivity index (χ1n) is 9.13. The largest absolute Gasteiger partial charge is 0.479 e. The van der Waals surface area contributed by atoms with E-state index in [-0.39, 0.29) is 0 Å². The van der Waals surface area contributed by atoms with Crippen LogP contribution in [-0.2, 0) is 9.53 Å². The van der Waals surface area contributed by atoms with Gasteiger partial charge in [0.25, 0.3) is 0 Å². The molecule has 0 fully saturated rings. The maximum Gasteiger partial charge on any atom is 0.335 e. The highest BCUT2D eigenvalue weighted by Gasteiger charge is 2.27. The second-order valence-electron chi connectivity index (χ2n) is 6.16. The van der Waals surface area contributed by atoms with Crippen LogP contribution in [0, 0.1) is 0 Å². The Morgan fingerprint density at radius 3 is 1.60 bits per heavy atom. The Bertz CT molecular complexity index is 480. The molecule has 0 amide bonds. The maximum absolute atomic E-state index is 10.9. The summed E-state index contributed by atoms with van der Waals surface area (Å²) in [6.07, 6.45) is 27.2. The second kappa shape index (κ2) is 15.6. The first kappa shape index (κ1) is 23.1. The van der Waals surface area contributed by atoms with Crippen LogP contribution in [0.3, 0.4) is 0 Å². The van der Waals surface area contributed by atoms with Gasteiger partial charge in [0, 0.05) is 0 Å². The molecule has 25 heavy (non-hydrogen) atoms. The minimum absolute atomic E-state index is 0.421. The Morgan fingerprint density at radius 1 is 0.800 bits per heavy atom. The van der Waals surface area contributed by atoms with Crippen molar-refractivity contribution in [2.45, 2.75) is 64.9 Å². The molecule has 0 aromatic rings. The van der Waals surface area contributed by atoms with Crippen LogP contribution in [-0.4, -0.2) is 23.3 Å². The van der Waals surface area contributed by atoms with E-state index in [4.69, 9.17) is 9.84 Å². The van der Waals surface area contributed by atoms with Crippen molar-refractivity contribution in [3.63, 3.8) is 0 Å². The van der Waals surface area contributed by atoms with E-state index in [9.17, 15) is 4.79 Å². The SMILES string of the molecule is CC/C=C\C/C=C\C/C=C\C/C=C\C/C=C\CCOC(C)(C)C(=O)O. The molecular formula is C22H34O3. The molecule has 0 spiro atoms. The van der Waals surface area contributed by atoms with Gasteiger partial charge in [0.1, 0.15) is 0 Å². The van der Waals surface area contributed by atoms with Gasteiger partial charge in [-0.15, -0.1) is 0 Å². The van der Waals surface area contributed by atoms with Crippen molar-refractivity contribution in [3.05, 3.63) is 60.8 Å². The number of rotatable bonds is 14. The lowest BCUT2D eigenvalue weighted by molar-refractivity contribution is -0.161. The molecular weight excluding hydrogens is 312 g/mol. The van der Waals surface area contributed by atoms with Crippen molar-refractivity contribution >= 4 is 5.97 Å². The highest BCUT2D eigenvalue weighted by Crippen LogP contribution is 2.09. The molecule has 0 aliphatic rings.